The van der Waals surface area contributed by atoms with Gasteiger partial charge in [-0.15, -0.1) is 0 Å². The van der Waals surface area contributed by atoms with Gasteiger partial charge < -0.3 is 5.11 Å². The van der Waals surface area contributed by atoms with Crippen molar-refractivity contribution in [3.8, 4) is 0 Å². The van der Waals surface area contributed by atoms with Crippen LogP contribution in [0.5, 0.6) is 0 Å². The maximum Gasteiger partial charge on any atom is 0.0724 e. The van der Waals surface area contributed by atoms with Crippen LogP contribution in [0.3, 0.4) is 0 Å². The average molecular weight is 315 g/mol. The Balaban J connectivity index is 1.69. The number of hydrogen-bond acceptors (Lipinski definition) is 1. The van der Waals surface area contributed by atoms with E-state index in [1.54, 1.807) is 16.7 Å². The van der Waals surface area contributed by atoms with Crippen LogP contribution in [0.4, 0.5) is 0 Å². The molecule has 4 rings (SSSR count). The fraction of sp³-hybridized carbons (Fsp3) is 0.818. The fourth-order valence-corrected chi connectivity index (χ4v) is 7.34. The number of rotatable bonds is 0. The first-order valence-electron chi connectivity index (χ1n) is 9.92. The molecule has 0 aromatic carbocycles. The van der Waals surface area contributed by atoms with Crippen molar-refractivity contribution in [3.63, 3.8) is 0 Å². The van der Waals surface area contributed by atoms with E-state index in [4.69, 9.17) is 0 Å². The van der Waals surface area contributed by atoms with Gasteiger partial charge >= 0.3 is 0 Å². The molecule has 1 heteroatoms. The maximum atomic E-state index is 10.1. The molecule has 0 saturated heterocycles. The molecule has 0 bridgehead atoms. The van der Waals surface area contributed by atoms with Gasteiger partial charge in [0.25, 0.3) is 0 Å². The normalized spacial score (nSPS) is 49.1. The molecule has 23 heavy (non-hydrogen) atoms. The van der Waals surface area contributed by atoms with Crippen LogP contribution in [0.2, 0.25) is 0 Å². The van der Waals surface area contributed by atoms with Gasteiger partial charge in [0.1, 0.15) is 0 Å². The Kier molecular flexibility index (Phi) is 3.61. The van der Waals surface area contributed by atoms with E-state index in [0.717, 1.165) is 24.2 Å². The molecule has 0 aliphatic heterocycles. The van der Waals surface area contributed by atoms with Gasteiger partial charge in [-0.1, -0.05) is 36.6 Å². The Morgan fingerprint density at radius 1 is 0.957 bits per heavy atom. The van der Waals surface area contributed by atoms with Crippen LogP contribution in [0.25, 0.3) is 0 Å². The Morgan fingerprint density at radius 3 is 2.39 bits per heavy atom. The molecular weight excluding hydrogens is 280 g/mol. The van der Waals surface area contributed by atoms with Gasteiger partial charge in [0.05, 0.1) is 6.10 Å². The first kappa shape index (κ1) is 15.9. The van der Waals surface area contributed by atoms with Gasteiger partial charge in [-0.25, -0.2) is 0 Å². The molecule has 6 atom stereocenters. The minimum absolute atomic E-state index is 0.174. The average Bonchev–Trinajstić information content (AvgIpc) is 2.85. The number of aliphatic hydroxyl groups is 1. The van der Waals surface area contributed by atoms with Gasteiger partial charge in [0, 0.05) is 0 Å². The zero-order valence-corrected chi connectivity index (χ0v) is 15.5. The second-order valence-electron chi connectivity index (χ2n) is 9.60. The second kappa shape index (κ2) is 5.22. The molecule has 0 aromatic rings. The van der Waals surface area contributed by atoms with Crippen molar-refractivity contribution in [1.29, 1.82) is 0 Å². The van der Waals surface area contributed by atoms with Gasteiger partial charge in [0.15, 0.2) is 0 Å². The lowest BCUT2D eigenvalue weighted by Gasteiger charge is -2.58. The minimum atomic E-state index is -0.174. The summed E-state index contributed by atoms with van der Waals surface area (Å²) in [4.78, 5) is 0. The lowest BCUT2D eigenvalue weighted by atomic mass is 9.47. The zero-order valence-electron chi connectivity index (χ0n) is 15.5. The van der Waals surface area contributed by atoms with Crippen molar-refractivity contribution in [3.05, 3.63) is 22.8 Å². The SMILES string of the molecule is CC(C)=C1CCC2C3CCC4=C[C@@H](O)CC[C@]4(C)C3CC[C@]12C. The summed E-state index contributed by atoms with van der Waals surface area (Å²) < 4.78 is 0. The quantitative estimate of drug-likeness (QED) is 0.573. The van der Waals surface area contributed by atoms with Crippen molar-refractivity contribution < 1.29 is 5.11 Å². The van der Waals surface area contributed by atoms with E-state index in [1.807, 2.05) is 0 Å². The first-order valence-corrected chi connectivity index (χ1v) is 9.92. The smallest absolute Gasteiger partial charge is 0.0724 e. The number of allylic oxidation sites excluding steroid dienone is 3. The van der Waals surface area contributed by atoms with E-state index in [2.05, 4.69) is 33.8 Å². The first-order chi connectivity index (χ1) is 10.9. The van der Waals surface area contributed by atoms with Crippen molar-refractivity contribution in [2.24, 2.45) is 28.6 Å². The van der Waals surface area contributed by atoms with Crippen LogP contribution in [0.1, 0.15) is 79.1 Å². The molecule has 0 spiro atoms. The molecule has 4 aliphatic carbocycles. The predicted octanol–water partition coefficient (Wildman–Crippen LogP) is 5.65. The highest BCUT2D eigenvalue weighted by atomic mass is 16.3. The minimum Gasteiger partial charge on any atom is -0.389 e. The molecule has 3 saturated carbocycles. The third-order valence-electron chi connectivity index (χ3n) is 8.48. The summed E-state index contributed by atoms with van der Waals surface area (Å²) in [5.41, 5.74) is 5.87. The van der Waals surface area contributed by atoms with Crippen molar-refractivity contribution in [1.82, 2.24) is 0 Å². The Morgan fingerprint density at radius 2 is 1.65 bits per heavy atom. The Bertz CT molecular complexity index is 567. The third-order valence-corrected chi connectivity index (χ3v) is 8.48. The van der Waals surface area contributed by atoms with E-state index >= 15 is 0 Å². The van der Waals surface area contributed by atoms with Crippen LogP contribution < -0.4 is 0 Å². The topological polar surface area (TPSA) is 20.2 Å². The summed E-state index contributed by atoms with van der Waals surface area (Å²) in [5, 5.41) is 10.1. The Labute approximate surface area is 142 Å². The van der Waals surface area contributed by atoms with Gasteiger partial charge in [-0.05, 0) is 93.8 Å². The maximum absolute atomic E-state index is 10.1. The Hall–Kier alpha value is -0.560. The molecule has 3 unspecified atom stereocenters. The largest absolute Gasteiger partial charge is 0.389 e. The fourth-order valence-electron chi connectivity index (χ4n) is 7.34. The van der Waals surface area contributed by atoms with Crippen LogP contribution in [-0.4, -0.2) is 11.2 Å². The second-order valence-corrected chi connectivity index (χ2v) is 9.60. The summed E-state index contributed by atoms with van der Waals surface area (Å²) in [6, 6.07) is 0. The number of fused-ring (bicyclic) bond motifs is 5. The lowest BCUT2D eigenvalue weighted by molar-refractivity contribution is -0.0316. The molecule has 4 aliphatic rings. The van der Waals surface area contributed by atoms with Crippen molar-refractivity contribution in [2.75, 3.05) is 0 Å². The van der Waals surface area contributed by atoms with Crippen molar-refractivity contribution >= 4 is 0 Å². The molecular formula is C22H34O. The van der Waals surface area contributed by atoms with Gasteiger partial charge in [-0.2, -0.15) is 0 Å². The summed E-state index contributed by atoms with van der Waals surface area (Å²) in [6.45, 7) is 9.78. The van der Waals surface area contributed by atoms with E-state index in [1.165, 1.54) is 44.9 Å². The summed E-state index contributed by atoms with van der Waals surface area (Å²) in [7, 11) is 0. The van der Waals surface area contributed by atoms with Crippen LogP contribution in [0, 0.1) is 28.6 Å². The summed E-state index contributed by atoms with van der Waals surface area (Å²) in [5.74, 6) is 2.70. The molecule has 1 N–H and O–H groups in total. The van der Waals surface area contributed by atoms with E-state index in [-0.39, 0.29) is 6.10 Å². The van der Waals surface area contributed by atoms with Gasteiger partial charge in [-0.3, -0.25) is 0 Å². The summed E-state index contributed by atoms with van der Waals surface area (Å²) in [6.07, 6.45) is 12.4. The highest BCUT2D eigenvalue weighted by Crippen LogP contribution is 2.66. The van der Waals surface area contributed by atoms with E-state index in [0.29, 0.717) is 10.8 Å². The molecule has 0 heterocycles. The highest BCUT2D eigenvalue weighted by molar-refractivity contribution is 5.30. The van der Waals surface area contributed by atoms with Gasteiger partial charge in [0.2, 0.25) is 0 Å². The standard InChI is InChI=1S/C22H34O/c1-14(2)18-7-8-19-17-6-5-15-13-16(23)9-11-21(15,3)20(17)10-12-22(18,19)4/h13,16-17,19-20,23H,5-12H2,1-4H3/t16-,17?,19?,20?,21-,22+/m0/s1. The monoisotopic (exact) mass is 314 g/mol. The lowest BCUT2D eigenvalue weighted by Crippen LogP contribution is -2.49. The van der Waals surface area contributed by atoms with Crippen LogP contribution in [-0.2, 0) is 0 Å². The van der Waals surface area contributed by atoms with Crippen molar-refractivity contribution in [2.45, 2.75) is 85.2 Å². The predicted molar refractivity (Wildman–Crippen MR) is 96.1 cm³/mol. The van der Waals surface area contributed by atoms with Crippen LogP contribution >= 0.6 is 0 Å². The highest BCUT2D eigenvalue weighted by Gasteiger charge is 2.57. The molecule has 128 valence electrons. The molecule has 3 fully saturated rings. The van der Waals surface area contributed by atoms with E-state index in [9.17, 15) is 5.11 Å². The molecule has 1 nitrogen and oxygen atoms in total. The molecule has 0 amide bonds. The van der Waals surface area contributed by atoms with E-state index < -0.39 is 0 Å². The third kappa shape index (κ3) is 2.15. The summed E-state index contributed by atoms with van der Waals surface area (Å²) >= 11 is 0. The zero-order chi connectivity index (χ0) is 16.4. The molecule has 0 aromatic heterocycles. The molecule has 0 radical (unpaired) electrons. The number of hydrogen-bond donors (Lipinski definition) is 1. The van der Waals surface area contributed by atoms with Crippen LogP contribution in [0.15, 0.2) is 22.8 Å². The number of aliphatic hydroxyl groups excluding tert-OH is 1.